The Morgan fingerprint density at radius 1 is 0.853 bits per heavy atom. The van der Waals surface area contributed by atoms with Crippen LogP contribution in [-0.4, -0.2) is 78.5 Å². The number of nitrogens with two attached hydrogens (primary N) is 3. The first-order valence-corrected chi connectivity index (χ1v) is 10.9. The van der Waals surface area contributed by atoms with Crippen LogP contribution in [0.3, 0.4) is 0 Å². The van der Waals surface area contributed by atoms with Gasteiger partial charge in [0, 0.05) is 13.1 Å². The van der Waals surface area contributed by atoms with E-state index >= 15 is 0 Å². The number of aliphatic carboxylic acids is 1. The standard InChI is InChI=1S/C19H38N10O5/c1-10(2)14(16(32)28-12(17(33)34)6-4-8-26-19(23)24)29-13(30)9-27-15(31)11(20)5-3-7-25-18(21)22/h10-12,14H,3-9,20H2,1-2H3,(H,27,31)(H,28,32)(H,29,30)(H,33,34)(H4,21,22,25)(H4,23,24,26)/t11-,12-,14-/m0/s1. The molecule has 0 heterocycles. The fraction of sp³-hybridized carbons (Fsp3) is 0.684. The molecule has 0 bridgehead atoms. The Morgan fingerprint density at radius 3 is 1.85 bits per heavy atom. The summed E-state index contributed by atoms with van der Waals surface area (Å²) in [6.45, 7) is 3.61. The van der Waals surface area contributed by atoms with Crippen molar-refractivity contribution in [2.24, 2.45) is 23.1 Å². The zero-order valence-electron chi connectivity index (χ0n) is 19.6. The lowest BCUT2D eigenvalue weighted by Gasteiger charge is -2.24. The van der Waals surface area contributed by atoms with Gasteiger partial charge in [-0.05, 0) is 31.6 Å². The van der Waals surface area contributed by atoms with Gasteiger partial charge in [0.2, 0.25) is 17.7 Å². The van der Waals surface area contributed by atoms with E-state index in [1.807, 2.05) is 0 Å². The molecular formula is C19H38N10O5. The zero-order valence-corrected chi connectivity index (χ0v) is 19.6. The maximum Gasteiger partial charge on any atom is 0.326 e. The van der Waals surface area contributed by atoms with Crippen molar-refractivity contribution in [1.82, 2.24) is 26.6 Å². The van der Waals surface area contributed by atoms with Gasteiger partial charge in [0.25, 0.3) is 0 Å². The Bertz CT molecular complexity index is 730. The van der Waals surface area contributed by atoms with E-state index in [-0.39, 0.29) is 30.8 Å². The van der Waals surface area contributed by atoms with Crippen molar-refractivity contribution in [2.75, 3.05) is 19.6 Å². The van der Waals surface area contributed by atoms with Crippen molar-refractivity contribution in [1.29, 1.82) is 10.8 Å². The van der Waals surface area contributed by atoms with Gasteiger partial charge in [-0.1, -0.05) is 13.8 Å². The molecule has 0 aliphatic carbocycles. The number of guanidine groups is 2. The van der Waals surface area contributed by atoms with Crippen molar-refractivity contribution in [3.8, 4) is 0 Å². The molecule has 3 amide bonds. The van der Waals surface area contributed by atoms with Gasteiger partial charge in [0.15, 0.2) is 11.9 Å². The van der Waals surface area contributed by atoms with Crippen LogP contribution in [0.1, 0.15) is 39.5 Å². The highest BCUT2D eigenvalue weighted by molar-refractivity contribution is 5.92. The summed E-state index contributed by atoms with van der Waals surface area (Å²) in [4.78, 5) is 48.4. The molecule has 0 aliphatic heterocycles. The molecule has 0 aliphatic rings. The van der Waals surface area contributed by atoms with Gasteiger partial charge >= 0.3 is 5.97 Å². The number of hydrogen-bond donors (Lipinski definition) is 11. The third-order valence-electron chi connectivity index (χ3n) is 4.63. The quantitative estimate of drug-likeness (QED) is 0.0586. The smallest absolute Gasteiger partial charge is 0.326 e. The van der Waals surface area contributed by atoms with Crippen LogP contribution >= 0.6 is 0 Å². The van der Waals surface area contributed by atoms with Crippen LogP contribution in [0.2, 0.25) is 0 Å². The van der Waals surface area contributed by atoms with Gasteiger partial charge in [-0.3, -0.25) is 25.2 Å². The first kappa shape index (κ1) is 30.4. The van der Waals surface area contributed by atoms with Gasteiger partial charge in [-0.15, -0.1) is 0 Å². The van der Waals surface area contributed by atoms with Gasteiger partial charge in [0.1, 0.15) is 12.1 Å². The molecule has 14 N–H and O–H groups in total. The van der Waals surface area contributed by atoms with E-state index in [4.69, 9.17) is 28.0 Å². The van der Waals surface area contributed by atoms with Crippen LogP contribution in [-0.2, 0) is 19.2 Å². The van der Waals surface area contributed by atoms with Crippen LogP contribution in [0.15, 0.2) is 0 Å². The molecule has 15 heteroatoms. The second-order valence-corrected chi connectivity index (χ2v) is 7.98. The molecule has 0 saturated carbocycles. The first-order chi connectivity index (χ1) is 15.8. The molecule has 3 atom stereocenters. The molecular weight excluding hydrogens is 448 g/mol. The summed E-state index contributed by atoms with van der Waals surface area (Å²) in [6, 6.07) is -3.07. The third-order valence-corrected chi connectivity index (χ3v) is 4.63. The molecule has 0 aromatic rings. The van der Waals surface area contributed by atoms with Gasteiger partial charge in [-0.2, -0.15) is 0 Å². The Balaban J connectivity index is 4.66. The highest BCUT2D eigenvalue weighted by Gasteiger charge is 2.28. The van der Waals surface area contributed by atoms with Gasteiger partial charge in [0.05, 0.1) is 12.6 Å². The molecule has 0 spiro atoms. The lowest BCUT2D eigenvalue weighted by Crippen LogP contribution is -2.55. The summed E-state index contributed by atoms with van der Waals surface area (Å²) >= 11 is 0. The van der Waals surface area contributed by atoms with Crippen molar-refractivity contribution in [2.45, 2.75) is 57.7 Å². The monoisotopic (exact) mass is 486 g/mol. The number of carboxylic acid groups (broad SMARTS) is 1. The second kappa shape index (κ2) is 16.1. The Morgan fingerprint density at radius 2 is 1.38 bits per heavy atom. The van der Waals surface area contributed by atoms with Crippen molar-refractivity contribution >= 4 is 35.6 Å². The second-order valence-electron chi connectivity index (χ2n) is 7.98. The van der Waals surface area contributed by atoms with Crippen molar-refractivity contribution in [3.05, 3.63) is 0 Å². The SMILES string of the molecule is CC(C)[C@H](NC(=O)CNC(=O)[C@@H](N)CCCNC(=N)N)C(=O)N[C@@H](CCCNC(=N)N)C(=O)O. The minimum atomic E-state index is -1.23. The molecule has 0 unspecified atom stereocenters. The first-order valence-electron chi connectivity index (χ1n) is 10.9. The summed E-state index contributed by atoms with van der Waals surface area (Å²) in [5.41, 5.74) is 16.1. The Kier molecular flexibility index (Phi) is 14.4. The molecule has 34 heavy (non-hydrogen) atoms. The van der Waals surface area contributed by atoms with E-state index in [1.54, 1.807) is 13.8 Å². The minimum absolute atomic E-state index is 0.0933. The zero-order chi connectivity index (χ0) is 26.3. The highest BCUT2D eigenvalue weighted by Crippen LogP contribution is 2.05. The van der Waals surface area contributed by atoms with E-state index < -0.39 is 48.4 Å². The number of nitrogens with one attached hydrogen (secondary N) is 7. The number of carbonyl (C=O) groups excluding carboxylic acids is 3. The fourth-order valence-corrected chi connectivity index (χ4v) is 2.78. The van der Waals surface area contributed by atoms with Crippen molar-refractivity contribution < 1.29 is 24.3 Å². The third kappa shape index (κ3) is 13.7. The van der Waals surface area contributed by atoms with E-state index in [9.17, 15) is 24.3 Å². The average molecular weight is 487 g/mol. The maximum atomic E-state index is 12.6. The molecule has 0 saturated heterocycles. The Labute approximate surface area is 198 Å². The van der Waals surface area contributed by atoms with Crippen LogP contribution in [0.4, 0.5) is 0 Å². The molecule has 0 aromatic carbocycles. The summed E-state index contributed by atoms with van der Waals surface area (Å²) in [5.74, 6) is -3.86. The maximum absolute atomic E-state index is 12.6. The number of carbonyl (C=O) groups is 4. The van der Waals surface area contributed by atoms with Crippen molar-refractivity contribution in [3.63, 3.8) is 0 Å². The van der Waals surface area contributed by atoms with Crippen LogP contribution in [0.5, 0.6) is 0 Å². The van der Waals surface area contributed by atoms with E-state index in [0.717, 1.165) is 0 Å². The lowest BCUT2D eigenvalue weighted by molar-refractivity contribution is -0.142. The predicted molar refractivity (Wildman–Crippen MR) is 126 cm³/mol. The molecule has 0 aromatic heterocycles. The molecule has 0 radical (unpaired) electrons. The largest absolute Gasteiger partial charge is 0.480 e. The molecule has 15 nitrogen and oxygen atoms in total. The summed E-state index contributed by atoms with van der Waals surface area (Å²) in [7, 11) is 0. The van der Waals surface area contributed by atoms with Crippen LogP contribution < -0.4 is 43.8 Å². The Hall–Kier alpha value is -3.62. The fourth-order valence-electron chi connectivity index (χ4n) is 2.78. The van der Waals surface area contributed by atoms with E-state index in [0.29, 0.717) is 25.8 Å². The van der Waals surface area contributed by atoms with Gasteiger partial charge in [-0.25, -0.2) is 4.79 Å². The average Bonchev–Trinajstić information content (AvgIpc) is 2.74. The number of hydrogen-bond acceptors (Lipinski definition) is 7. The topological polar surface area (TPSA) is 274 Å². The number of carboxylic acids is 1. The summed E-state index contributed by atoms with van der Waals surface area (Å²) in [6.07, 6.45) is 1.23. The number of amides is 3. The highest BCUT2D eigenvalue weighted by atomic mass is 16.4. The van der Waals surface area contributed by atoms with E-state index in [1.165, 1.54) is 0 Å². The van der Waals surface area contributed by atoms with E-state index in [2.05, 4.69) is 26.6 Å². The summed E-state index contributed by atoms with van der Waals surface area (Å²) < 4.78 is 0. The van der Waals surface area contributed by atoms with Crippen LogP contribution in [0.25, 0.3) is 0 Å². The molecule has 0 rings (SSSR count). The minimum Gasteiger partial charge on any atom is -0.480 e. The normalized spacial score (nSPS) is 13.2. The van der Waals surface area contributed by atoms with Crippen LogP contribution in [0, 0.1) is 16.7 Å². The van der Waals surface area contributed by atoms with Gasteiger partial charge < -0.3 is 48.9 Å². The lowest BCUT2D eigenvalue weighted by atomic mass is 10.0. The summed E-state index contributed by atoms with van der Waals surface area (Å²) in [5, 5.41) is 35.9. The number of rotatable bonds is 16. The molecule has 194 valence electrons. The predicted octanol–water partition coefficient (Wildman–Crippen LogP) is -3.33. The molecule has 0 fully saturated rings.